The molecule has 1 heterocycles. The molecule has 0 aromatic rings. The lowest BCUT2D eigenvalue weighted by Crippen LogP contribution is -2.39. The van der Waals surface area contributed by atoms with Crippen LogP contribution < -0.4 is 0 Å². The number of carbonyl (C=O) groups is 2. The molecule has 19 heavy (non-hydrogen) atoms. The summed E-state index contributed by atoms with van der Waals surface area (Å²) in [5, 5.41) is 0. The van der Waals surface area contributed by atoms with Gasteiger partial charge in [-0.3, -0.25) is 4.79 Å². The first-order valence-electron chi connectivity index (χ1n) is 6.87. The minimum atomic E-state index is -0.367. The summed E-state index contributed by atoms with van der Waals surface area (Å²) in [6.07, 6.45) is 3.30. The van der Waals surface area contributed by atoms with Crippen molar-refractivity contribution in [2.45, 2.75) is 59.5 Å². The molecule has 0 aromatic carbocycles. The van der Waals surface area contributed by atoms with Crippen LogP contribution in [0.25, 0.3) is 0 Å². The van der Waals surface area contributed by atoms with E-state index in [1.165, 1.54) is 13.3 Å². The number of amides is 1. The van der Waals surface area contributed by atoms with Gasteiger partial charge < -0.3 is 14.4 Å². The van der Waals surface area contributed by atoms with Gasteiger partial charge in [0.05, 0.1) is 6.61 Å². The number of hydrogen-bond acceptors (Lipinski definition) is 4. The van der Waals surface area contributed by atoms with Gasteiger partial charge in [-0.05, 0) is 47.0 Å². The highest BCUT2D eigenvalue weighted by atomic mass is 16.6. The first kappa shape index (κ1) is 17.7. The van der Waals surface area contributed by atoms with Crippen LogP contribution in [0, 0.1) is 0 Å². The molecule has 5 nitrogen and oxygen atoms in total. The van der Waals surface area contributed by atoms with Gasteiger partial charge in [0.2, 0.25) is 0 Å². The smallest absolute Gasteiger partial charge is 0.410 e. The molecule has 1 aliphatic heterocycles. The first-order chi connectivity index (χ1) is 8.76. The Kier molecular flexibility index (Phi) is 8.19. The SMILES string of the molecule is CC(C)(C)OC(=O)N1CCCCC1.CCOC(C)=O. The number of piperidine rings is 1. The second-order valence-corrected chi connectivity index (χ2v) is 5.45. The average molecular weight is 273 g/mol. The van der Waals surface area contributed by atoms with Crippen LogP contribution in [-0.4, -0.2) is 42.3 Å². The van der Waals surface area contributed by atoms with Crippen LogP contribution in [0.5, 0.6) is 0 Å². The van der Waals surface area contributed by atoms with Gasteiger partial charge in [-0.1, -0.05) is 0 Å². The summed E-state index contributed by atoms with van der Waals surface area (Å²) < 4.78 is 9.67. The molecular formula is C14H27NO4. The Morgan fingerprint density at radius 3 is 1.95 bits per heavy atom. The van der Waals surface area contributed by atoms with Crippen molar-refractivity contribution in [3.05, 3.63) is 0 Å². The normalized spacial score (nSPS) is 15.1. The number of likely N-dealkylation sites (tertiary alicyclic amines) is 1. The Bertz CT molecular complexity index is 278. The van der Waals surface area contributed by atoms with Crippen LogP contribution in [0.2, 0.25) is 0 Å². The minimum absolute atomic E-state index is 0.160. The molecule has 1 amide bonds. The van der Waals surface area contributed by atoms with E-state index in [1.54, 1.807) is 11.8 Å². The lowest BCUT2D eigenvalue weighted by Gasteiger charge is -2.29. The number of ether oxygens (including phenoxy) is 2. The Morgan fingerprint density at radius 1 is 1.11 bits per heavy atom. The molecule has 0 bridgehead atoms. The fraction of sp³-hybridized carbons (Fsp3) is 0.857. The maximum Gasteiger partial charge on any atom is 0.410 e. The summed E-state index contributed by atoms with van der Waals surface area (Å²) >= 11 is 0. The molecule has 0 aliphatic carbocycles. The summed E-state index contributed by atoms with van der Waals surface area (Å²) in [6.45, 7) is 11.1. The van der Waals surface area contributed by atoms with Gasteiger partial charge in [-0.25, -0.2) is 4.79 Å². The molecule has 1 saturated heterocycles. The van der Waals surface area contributed by atoms with Crippen LogP contribution in [-0.2, 0) is 14.3 Å². The predicted molar refractivity (Wildman–Crippen MR) is 74.0 cm³/mol. The molecule has 0 unspecified atom stereocenters. The molecule has 1 rings (SSSR count). The zero-order valence-electron chi connectivity index (χ0n) is 12.8. The number of esters is 1. The third kappa shape index (κ3) is 10.4. The van der Waals surface area contributed by atoms with Crippen molar-refractivity contribution >= 4 is 12.1 Å². The molecule has 0 N–H and O–H groups in total. The van der Waals surface area contributed by atoms with Gasteiger partial charge in [0.1, 0.15) is 5.60 Å². The van der Waals surface area contributed by atoms with E-state index in [9.17, 15) is 9.59 Å². The summed E-state index contributed by atoms with van der Waals surface area (Å²) in [5.74, 6) is -0.211. The summed E-state index contributed by atoms with van der Waals surface area (Å²) in [4.78, 5) is 23.1. The number of carbonyl (C=O) groups excluding carboxylic acids is 2. The first-order valence-corrected chi connectivity index (χ1v) is 6.87. The Labute approximate surface area is 116 Å². The minimum Gasteiger partial charge on any atom is -0.466 e. The molecule has 0 radical (unpaired) electrons. The van der Waals surface area contributed by atoms with Crippen LogP contribution in [0.1, 0.15) is 53.9 Å². The lowest BCUT2D eigenvalue weighted by atomic mass is 10.1. The standard InChI is InChI=1S/C10H19NO2.C4H8O2/c1-10(2,3)13-9(12)11-7-5-4-6-8-11;1-3-6-4(2)5/h4-8H2,1-3H3;3H2,1-2H3. The van der Waals surface area contributed by atoms with E-state index in [2.05, 4.69) is 4.74 Å². The molecule has 1 aliphatic rings. The van der Waals surface area contributed by atoms with Crippen LogP contribution in [0.3, 0.4) is 0 Å². The van der Waals surface area contributed by atoms with E-state index in [-0.39, 0.29) is 17.7 Å². The van der Waals surface area contributed by atoms with Crippen molar-refractivity contribution in [1.29, 1.82) is 0 Å². The maximum absolute atomic E-state index is 11.5. The topological polar surface area (TPSA) is 55.8 Å². The van der Waals surface area contributed by atoms with Crippen molar-refractivity contribution < 1.29 is 19.1 Å². The highest BCUT2D eigenvalue weighted by Crippen LogP contribution is 2.14. The Balaban J connectivity index is 0.000000459. The highest BCUT2D eigenvalue weighted by Gasteiger charge is 2.22. The zero-order valence-corrected chi connectivity index (χ0v) is 12.8. The third-order valence-corrected chi connectivity index (χ3v) is 2.36. The predicted octanol–water partition coefficient (Wildman–Crippen LogP) is 2.98. The van der Waals surface area contributed by atoms with Crippen molar-refractivity contribution in [3.8, 4) is 0 Å². The summed E-state index contributed by atoms with van der Waals surface area (Å²) in [5.41, 5.74) is -0.367. The number of nitrogens with zero attached hydrogens (tertiary/aromatic N) is 1. The van der Waals surface area contributed by atoms with E-state index in [4.69, 9.17) is 4.74 Å². The van der Waals surface area contributed by atoms with E-state index in [1.807, 2.05) is 20.8 Å². The molecule has 0 saturated carbocycles. The van der Waals surface area contributed by atoms with Gasteiger partial charge >= 0.3 is 12.1 Å². The maximum atomic E-state index is 11.5. The summed E-state index contributed by atoms with van der Waals surface area (Å²) in [6, 6.07) is 0. The quantitative estimate of drug-likeness (QED) is 0.689. The van der Waals surface area contributed by atoms with E-state index in [0.29, 0.717) is 6.61 Å². The Morgan fingerprint density at radius 2 is 1.63 bits per heavy atom. The number of hydrogen-bond donors (Lipinski definition) is 0. The van der Waals surface area contributed by atoms with Crippen molar-refractivity contribution in [2.75, 3.05) is 19.7 Å². The lowest BCUT2D eigenvalue weighted by molar-refractivity contribution is -0.140. The second-order valence-electron chi connectivity index (χ2n) is 5.45. The van der Waals surface area contributed by atoms with Crippen LogP contribution >= 0.6 is 0 Å². The molecule has 0 aromatic heterocycles. The molecule has 112 valence electrons. The Hall–Kier alpha value is -1.26. The van der Waals surface area contributed by atoms with Crippen molar-refractivity contribution in [1.82, 2.24) is 4.90 Å². The van der Waals surface area contributed by atoms with Crippen molar-refractivity contribution in [2.24, 2.45) is 0 Å². The average Bonchev–Trinajstić information content (AvgIpc) is 2.28. The monoisotopic (exact) mass is 273 g/mol. The molecule has 1 fully saturated rings. The van der Waals surface area contributed by atoms with Gasteiger partial charge in [0.25, 0.3) is 0 Å². The second kappa shape index (κ2) is 8.77. The van der Waals surface area contributed by atoms with E-state index in [0.717, 1.165) is 25.9 Å². The molecule has 5 heteroatoms. The fourth-order valence-corrected chi connectivity index (χ4v) is 1.61. The summed E-state index contributed by atoms with van der Waals surface area (Å²) in [7, 11) is 0. The third-order valence-electron chi connectivity index (χ3n) is 2.36. The van der Waals surface area contributed by atoms with Gasteiger partial charge in [-0.2, -0.15) is 0 Å². The van der Waals surface area contributed by atoms with Crippen LogP contribution in [0.4, 0.5) is 4.79 Å². The number of rotatable bonds is 1. The molecular weight excluding hydrogens is 246 g/mol. The van der Waals surface area contributed by atoms with Gasteiger partial charge in [0, 0.05) is 20.0 Å². The molecule has 0 spiro atoms. The highest BCUT2D eigenvalue weighted by molar-refractivity contribution is 5.68. The van der Waals surface area contributed by atoms with Gasteiger partial charge in [0.15, 0.2) is 0 Å². The largest absolute Gasteiger partial charge is 0.466 e. The van der Waals surface area contributed by atoms with E-state index >= 15 is 0 Å². The fourth-order valence-electron chi connectivity index (χ4n) is 1.61. The van der Waals surface area contributed by atoms with Crippen molar-refractivity contribution in [3.63, 3.8) is 0 Å². The van der Waals surface area contributed by atoms with E-state index < -0.39 is 0 Å². The molecule has 0 atom stereocenters. The van der Waals surface area contributed by atoms with Crippen LogP contribution in [0.15, 0.2) is 0 Å². The van der Waals surface area contributed by atoms with Gasteiger partial charge in [-0.15, -0.1) is 0 Å². The zero-order chi connectivity index (χ0) is 14.9.